The van der Waals surface area contributed by atoms with E-state index in [9.17, 15) is 15.3 Å². The van der Waals surface area contributed by atoms with Gasteiger partial charge in [-0.15, -0.1) is 11.3 Å². The molecule has 0 spiro atoms. The Morgan fingerprint density at radius 1 is 1.21 bits per heavy atom. The molecule has 0 fully saturated rings. The maximum absolute atomic E-state index is 12.3. The molecule has 6 nitrogen and oxygen atoms in total. The molecule has 2 aromatic heterocycles. The van der Waals surface area contributed by atoms with Crippen LogP contribution in [-0.2, 0) is 4.79 Å². The van der Waals surface area contributed by atoms with E-state index in [1.165, 1.54) is 11.3 Å². The maximum atomic E-state index is 12.3. The molecule has 28 heavy (non-hydrogen) atoms. The minimum Gasteiger partial charge on any atom is -0.383 e. The van der Waals surface area contributed by atoms with Crippen molar-refractivity contribution in [3.8, 4) is 22.6 Å². The smallest absolute Gasteiger partial charge is 0.234 e. The van der Waals surface area contributed by atoms with Crippen LogP contribution in [0.3, 0.4) is 0 Å². The van der Waals surface area contributed by atoms with Crippen molar-refractivity contribution in [2.45, 2.75) is 5.03 Å². The van der Waals surface area contributed by atoms with E-state index in [-0.39, 0.29) is 28.6 Å². The Labute approximate surface area is 174 Å². The van der Waals surface area contributed by atoms with Crippen molar-refractivity contribution in [1.82, 2.24) is 4.98 Å². The van der Waals surface area contributed by atoms with Gasteiger partial charge >= 0.3 is 0 Å². The molecule has 3 aromatic rings. The maximum Gasteiger partial charge on any atom is 0.234 e. The number of amides is 1. The highest BCUT2D eigenvalue weighted by molar-refractivity contribution is 8.00. The lowest BCUT2D eigenvalue weighted by Crippen LogP contribution is -2.15. The van der Waals surface area contributed by atoms with E-state index in [4.69, 9.17) is 17.3 Å². The standard InChI is InChI=1S/C19H12ClN5OS2/c20-13-4-1-2-5-14(13)24-16(26)10-28-19-12(9-22)17(15-6-3-7-27-15)11(8-21)18(23)25-19/h1-7H,10H2,(H2,23,25)(H,24,26). The molecule has 0 aliphatic rings. The van der Waals surface area contributed by atoms with Crippen molar-refractivity contribution < 1.29 is 4.79 Å². The zero-order valence-electron chi connectivity index (χ0n) is 14.3. The molecule has 0 saturated carbocycles. The average Bonchev–Trinajstić information content (AvgIpc) is 3.22. The van der Waals surface area contributed by atoms with Gasteiger partial charge in [-0.05, 0) is 23.6 Å². The number of nitrogen functional groups attached to an aromatic ring is 1. The number of nitrogens with zero attached hydrogens (tertiary/aromatic N) is 3. The van der Waals surface area contributed by atoms with Crippen LogP contribution < -0.4 is 11.1 Å². The van der Waals surface area contributed by atoms with Gasteiger partial charge in [0, 0.05) is 10.4 Å². The van der Waals surface area contributed by atoms with Crippen molar-refractivity contribution in [2.24, 2.45) is 0 Å². The Kier molecular flexibility index (Phi) is 6.17. The normalized spacial score (nSPS) is 10.1. The summed E-state index contributed by atoms with van der Waals surface area (Å²) in [4.78, 5) is 17.2. The first-order valence-corrected chi connectivity index (χ1v) is 10.1. The van der Waals surface area contributed by atoms with Crippen LogP contribution in [0.4, 0.5) is 11.5 Å². The summed E-state index contributed by atoms with van der Waals surface area (Å²) in [6, 6.07) is 14.6. The van der Waals surface area contributed by atoms with Crippen molar-refractivity contribution in [1.29, 1.82) is 10.5 Å². The van der Waals surface area contributed by atoms with Crippen LogP contribution in [-0.4, -0.2) is 16.6 Å². The molecule has 0 radical (unpaired) electrons. The lowest BCUT2D eigenvalue weighted by atomic mass is 10.0. The highest BCUT2D eigenvalue weighted by atomic mass is 35.5. The third-order valence-corrected chi connectivity index (χ3v) is 5.86. The average molecular weight is 426 g/mol. The molecule has 0 saturated heterocycles. The lowest BCUT2D eigenvalue weighted by molar-refractivity contribution is -0.113. The summed E-state index contributed by atoms with van der Waals surface area (Å²) in [6.45, 7) is 0. The predicted molar refractivity (Wildman–Crippen MR) is 112 cm³/mol. The van der Waals surface area contributed by atoms with E-state index >= 15 is 0 Å². The van der Waals surface area contributed by atoms with E-state index < -0.39 is 0 Å². The molecule has 1 amide bonds. The Balaban J connectivity index is 1.89. The largest absolute Gasteiger partial charge is 0.383 e. The number of halogens is 1. The van der Waals surface area contributed by atoms with Gasteiger partial charge in [-0.2, -0.15) is 10.5 Å². The number of carbonyl (C=O) groups excluding carboxylic acids is 1. The van der Waals surface area contributed by atoms with Gasteiger partial charge in [0.1, 0.15) is 28.5 Å². The van der Waals surface area contributed by atoms with Crippen molar-refractivity contribution in [3.05, 3.63) is 57.9 Å². The number of aromatic nitrogens is 1. The molecule has 9 heteroatoms. The first kappa shape index (κ1) is 19.7. The van der Waals surface area contributed by atoms with Crippen molar-refractivity contribution in [3.63, 3.8) is 0 Å². The molecule has 0 atom stereocenters. The fraction of sp³-hybridized carbons (Fsp3) is 0.0526. The number of nitrogens with one attached hydrogen (secondary N) is 1. The molecule has 138 valence electrons. The topological polar surface area (TPSA) is 116 Å². The third-order valence-electron chi connectivity index (χ3n) is 3.67. The molecule has 3 N–H and O–H groups in total. The molecule has 1 aromatic carbocycles. The molecular weight excluding hydrogens is 414 g/mol. The van der Waals surface area contributed by atoms with Gasteiger partial charge in [0.2, 0.25) is 5.91 Å². The highest BCUT2D eigenvalue weighted by Crippen LogP contribution is 2.37. The second-order valence-electron chi connectivity index (χ2n) is 5.44. The Morgan fingerprint density at radius 3 is 2.61 bits per heavy atom. The van der Waals surface area contributed by atoms with Crippen LogP contribution >= 0.6 is 34.7 Å². The van der Waals surface area contributed by atoms with Crippen LogP contribution in [0.15, 0.2) is 46.8 Å². The second-order valence-corrected chi connectivity index (χ2v) is 7.76. The van der Waals surface area contributed by atoms with Crippen LogP contribution in [0.25, 0.3) is 10.4 Å². The molecule has 0 bridgehead atoms. The van der Waals surface area contributed by atoms with Gasteiger partial charge in [-0.1, -0.05) is 41.6 Å². The van der Waals surface area contributed by atoms with Gasteiger partial charge in [-0.25, -0.2) is 4.98 Å². The summed E-state index contributed by atoms with van der Waals surface area (Å²) in [5.41, 5.74) is 7.27. The number of hydrogen-bond donors (Lipinski definition) is 2. The summed E-state index contributed by atoms with van der Waals surface area (Å²) in [5, 5.41) is 24.4. The van der Waals surface area contributed by atoms with Crippen LogP contribution in [0.1, 0.15) is 11.1 Å². The number of hydrogen-bond acceptors (Lipinski definition) is 7. The fourth-order valence-corrected chi connectivity index (χ4v) is 4.21. The Morgan fingerprint density at radius 2 is 1.96 bits per heavy atom. The first-order chi connectivity index (χ1) is 13.5. The first-order valence-electron chi connectivity index (χ1n) is 7.90. The highest BCUT2D eigenvalue weighted by Gasteiger charge is 2.21. The van der Waals surface area contributed by atoms with Gasteiger partial charge in [-0.3, -0.25) is 4.79 Å². The number of anilines is 2. The molecule has 0 aliphatic carbocycles. The monoisotopic (exact) mass is 425 g/mol. The van der Waals surface area contributed by atoms with Crippen LogP contribution in [0.2, 0.25) is 5.02 Å². The van der Waals surface area contributed by atoms with Crippen LogP contribution in [0.5, 0.6) is 0 Å². The minimum atomic E-state index is -0.301. The summed E-state index contributed by atoms with van der Waals surface area (Å²) < 4.78 is 0. The number of pyridine rings is 1. The number of nitriles is 2. The zero-order valence-corrected chi connectivity index (χ0v) is 16.7. The van der Waals surface area contributed by atoms with E-state index in [2.05, 4.69) is 16.4 Å². The van der Waals surface area contributed by atoms with Gasteiger partial charge in [0.15, 0.2) is 0 Å². The number of para-hydroxylation sites is 1. The van der Waals surface area contributed by atoms with E-state index in [0.29, 0.717) is 21.3 Å². The zero-order chi connectivity index (χ0) is 20.1. The molecule has 2 heterocycles. The Hall–Kier alpha value is -3.04. The summed E-state index contributed by atoms with van der Waals surface area (Å²) in [7, 11) is 0. The van der Waals surface area contributed by atoms with Gasteiger partial charge in [0.05, 0.1) is 22.0 Å². The quantitative estimate of drug-likeness (QED) is 0.580. The third kappa shape index (κ3) is 4.10. The predicted octanol–water partition coefficient (Wildman–Crippen LogP) is 4.52. The lowest BCUT2D eigenvalue weighted by Gasteiger charge is -2.12. The van der Waals surface area contributed by atoms with E-state index in [1.54, 1.807) is 30.3 Å². The number of thiophene rings is 1. The van der Waals surface area contributed by atoms with Gasteiger partial charge < -0.3 is 11.1 Å². The van der Waals surface area contributed by atoms with Crippen molar-refractivity contribution >= 4 is 52.1 Å². The molecule has 0 aliphatic heterocycles. The summed E-state index contributed by atoms with van der Waals surface area (Å²) >= 11 is 8.51. The minimum absolute atomic E-state index is 0.00211. The Bertz CT molecular complexity index is 1120. The molecule has 0 unspecified atom stereocenters. The molecule has 3 rings (SSSR count). The van der Waals surface area contributed by atoms with E-state index in [0.717, 1.165) is 16.6 Å². The number of thioether (sulfide) groups is 1. The SMILES string of the molecule is N#Cc1c(N)nc(SCC(=O)Nc2ccccc2Cl)c(C#N)c1-c1cccs1. The van der Waals surface area contributed by atoms with Crippen LogP contribution in [0, 0.1) is 22.7 Å². The van der Waals surface area contributed by atoms with E-state index in [1.807, 2.05) is 17.5 Å². The number of benzene rings is 1. The van der Waals surface area contributed by atoms with Gasteiger partial charge in [0.25, 0.3) is 0 Å². The second kappa shape index (κ2) is 8.77. The fourth-order valence-electron chi connectivity index (χ4n) is 2.45. The number of rotatable bonds is 5. The number of carbonyl (C=O) groups is 1. The summed E-state index contributed by atoms with van der Waals surface area (Å²) in [6.07, 6.45) is 0. The number of nitrogens with two attached hydrogens (primary N) is 1. The summed E-state index contributed by atoms with van der Waals surface area (Å²) in [5.74, 6) is -0.273. The van der Waals surface area contributed by atoms with Crippen molar-refractivity contribution in [2.75, 3.05) is 16.8 Å². The molecular formula is C19H12ClN5OS2.